The van der Waals surface area contributed by atoms with Crippen LogP contribution in [0.4, 0.5) is 18.9 Å². The Morgan fingerprint density at radius 3 is 2.10 bits per heavy atom. The number of alkyl halides is 3. The van der Waals surface area contributed by atoms with Gasteiger partial charge >= 0.3 is 6.18 Å². The van der Waals surface area contributed by atoms with Crippen molar-refractivity contribution in [3.8, 4) is 0 Å². The lowest BCUT2D eigenvalue weighted by Gasteiger charge is -2.20. The number of hydrogen-bond donors (Lipinski definition) is 1. The number of benzene rings is 2. The Labute approximate surface area is 137 Å². The molecule has 1 nitrogen and oxygen atoms in total. The van der Waals surface area contributed by atoms with Crippen LogP contribution in [0.3, 0.4) is 0 Å². The minimum atomic E-state index is -4.39. The molecule has 0 spiro atoms. The fourth-order valence-electron chi connectivity index (χ4n) is 1.95. The fraction of sp³-hybridized carbons (Fsp3) is 0.200. The second kappa shape index (κ2) is 6.40. The average Bonchev–Trinajstić information content (AvgIpc) is 2.38. The van der Waals surface area contributed by atoms with Crippen molar-refractivity contribution < 1.29 is 13.2 Å². The lowest BCUT2D eigenvalue weighted by molar-refractivity contribution is -0.137. The van der Waals surface area contributed by atoms with Crippen molar-refractivity contribution in [2.75, 3.05) is 5.32 Å². The lowest BCUT2D eigenvalue weighted by Crippen LogP contribution is -2.13. The summed E-state index contributed by atoms with van der Waals surface area (Å²) < 4.78 is 40.6. The van der Waals surface area contributed by atoms with Crippen molar-refractivity contribution in [1.82, 2.24) is 0 Å². The van der Waals surface area contributed by atoms with Crippen LogP contribution < -0.4 is 5.32 Å². The van der Waals surface area contributed by atoms with Gasteiger partial charge in [-0.1, -0.05) is 44.0 Å². The summed E-state index contributed by atoms with van der Waals surface area (Å²) in [6.45, 7) is 1.82. The van der Waals surface area contributed by atoms with Crippen molar-refractivity contribution in [1.29, 1.82) is 0 Å². The predicted octanol–water partition coefficient (Wildman–Crippen LogP) is 6.40. The molecule has 6 heteroatoms. The highest BCUT2D eigenvalue weighted by Gasteiger charge is 2.33. The van der Waals surface area contributed by atoms with Crippen LogP contribution in [-0.4, -0.2) is 0 Å². The first kappa shape index (κ1) is 16.4. The Bertz CT molecular complexity index is 624. The van der Waals surface area contributed by atoms with E-state index >= 15 is 0 Å². The molecule has 0 heterocycles. The number of hydrogen-bond acceptors (Lipinski definition) is 1. The summed E-state index contributed by atoms with van der Waals surface area (Å²) in [7, 11) is 0. The second-order valence-electron chi connectivity index (χ2n) is 4.61. The highest BCUT2D eigenvalue weighted by Crippen LogP contribution is 2.37. The molecular formula is C15H12Br2F3N. The summed E-state index contributed by atoms with van der Waals surface area (Å²) in [6.07, 6.45) is -4.39. The van der Waals surface area contributed by atoms with Crippen molar-refractivity contribution >= 4 is 37.5 Å². The predicted molar refractivity (Wildman–Crippen MR) is 85.3 cm³/mol. The van der Waals surface area contributed by atoms with Crippen molar-refractivity contribution in [2.45, 2.75) is 19.1 Å². The van der Waals surface area contributed by atoms with Crippen LogP contribution in [0, 0.1) is 0 Å². The third kappa shape index (κ3) is 4.23. The van der Waals surface area contributed by atoms with Gasteiger partial charge in [0.25, 0.3) is 0 Å². The Hall–Kier alpha value is -1.01. The van der Waals surface area contributed by atoms with E-state index in [2.05, 4.69) is 37.2 Å². The summed E-state index contributed by atoms with van der Waals surface area (Å²) in [4.78, 5) is 0. The number of rotatable bonds is 3. The van der Waals surface area contributed by atoms with Crippen LogP contribution in [0.25, 0.3) is 0 Å². The van der Waals surface area contributed by atoms with Crippen LogP contribution in [0.15, 0.2) is 51.4 Å². The lowest BCUT2D eigenvalue weighted by atomic mass is 10.1. The van der Waals surface area contributed by atoms with E-state index in [9.17, 15) is 13.2 Å². The molecule has 1 atom stereocenters. The Kier molecular flexibility index (Phi) is 4.99. The van der Waals surface area contributed by atoms with Crippen molar-refractivity contribution in [2.24, 2.45) is 0 Å². The maximum absolute atomic E-state index is 13.0. The van der Waals surface area contributed by atoms with E-state index in [4.69, 9.17) is 0 Å². The molecule has 0 fully saturated rings. The molecule has 0 saturated heterocycles. The second-order valence-corrected chi connectivity index (χ2v) is 6.44. The molecule has 0 radical (unpaired) electrons. The van der Waals surface area contributed by atoms with Gasteiger partial charge in [0.1, 0.15) is 0 Å². The van der Waals surface area contributed by atoms with Gasteiger partial charge in [-0.25, -0.2) is 0 Å². The largest absolute Gasteiger partial charge is 0.418 e. The monoisotopic (exact) mass is 421 g/mol. The molecule has 2 rings (SSSR count). The zero-order chi connectivity index (χ0) is 15.6. The molecule has 0 aliphatic heterocycles. The quantitative estimate of drug-likeness (QED) is 0.603. The Morgan fingerprint density at radius 2 is 1.52 bits per heavy atom. The molecule has 1 unspecified atom stereocenters. The van der Waals surface area contributed by atoms with Gasteiger partial charge in [0.05, 0.1) is 5.56 Å². The van der Waals surface area contributed by atoms with E-state index in [0.717, 1.165) is 16.1 Å². The number of halogens is 5. The normalized spacial score (nSPS) is 13.0. The van der Waals surface area contributed by atoms with Crippen molar-refractivity contribution in [3.05, 3.63) is 62.5 Å². The summed E-state index contributed by atoms with van der Waals surface area (Å²) in [5, 5.41) is 2.93. The zero-order valence-corrected chi connectivity index (χ0v) is 14.2. The topological polar surface area (TPSA) is 12.0 Å². The molecular weight excluding hydrogens is 411 g/mol. The molecule has 0 aliphatic carbocycles. The van der Waals surface area contributed by atoms with Crippen LogP contribution in [0.5, 0.6) is 0 Å². The highest BCUT2D eigenvalue weighted by atomic mass is 79.9. The number of nitrogens with one attached hydrogen (secondary N) is 1. The van der Waals surface area contributed by atoms with E-state index in [1.165, 1.54) is 12.1 Å². The van der Waals surface area contributed by atoms with Gasteiger partial charge in [0, 0.05) is 20.7 Å². The molecule has 0 saturated carbocycles. The summed E-state index contributed by atoms with van der Waals surface area (Å²) >= 11 is 6.54. The molecule has 2 aromatic rings. The van der Waals surface area contributed by atoms with E-state index in [0.29, 0.717) is 4.47 Å². The maximum atomic E-state index is 13.0. The first-order valence-electron chi connectivity index (χ1n) is 6.16. The third-order valence-electron chi connectivity index (χ3n) is 3.03. The molecule has 0 bridgehead atoms. The van der Waals surface area contributed by atoms with Crippen LogP contribution in [0.2, 0.25) is 0 Å². The van der Waals surface area contributed by atoms with E-state index in [1.54, 1.807) is 0 Å². The summed E-state index contributed by atoms with van der Waals surface area (Å²) in [6, 6.07) is 11.1. The van der Waals surface area contributed by atoms with Gasteiger partial charge in [-0.2, -0.15) is 13.2 Å². The zero-order valence-electron chi connectivity index (χ0n) is 11.0. The maximum Gasteiger partial charge on any atom is 0.418 e. The molecule has 2 aromatic carbocycles. The van der Waals surface area contributed by atoms with Gasteiger partial charge in [-0.3, -0.25) is 0 Å². The Balaban J connectivity index is 2.30. The Morgan fingerprint density at radius 1 is 0.952 bits per heavy atom. The van der Waals surface area contributed by atoms with E-state index < -0.39 is 11.7 Å². The van der Waals surface area contributed by atoms with Crippen molar-refractivity contribution in [3.63, 3.8) is 0 Å². The summed E-state index contributed by atoms with van der Waals surface area (Å²) in [5.74, 6) is 0. The molecule has 112 valence electrons. The van der Waals surface area contributed by atoms with Crippen LogP contribution in [-0.2, 0) is 6.18 Å². The minimum absolute atomic E-state index is 0.0623. The first-order valence-corrected chi connectivity index (χ1v) is 7.75. The molecule has 1 N–H and O–H groups in total. The fourth-order valence-corrected chi connectivity index (χ4v) is 2.58. The average molecular weight is 423 g/mol. The number of anilines is 1. The first-order chi connectivity index (χ1) is 9.77. The summed E-state index contributed by atoms with van der Waals surface area (Å²) in [5.41, 5.74) is 0.299. The van der Waals surface area contributed by atoms with Gasteiger partial charge in [0.2, 0.25) is 0 Å². The van der Waals surface area contributed by atoms with Crippen LogP contribution in [0.1, 0.15) is 24.1 Å². The van der Waals surface area contributed by atoms with Gasteiger partial charge in [0.15, 0.2) is 0 Å². The minimum Gasteiger partial charge on any atom is -0.378 e. The van der Waals surface area contributed by atoms with E-state index in [1.807, 2.05) is 31.2 Å². The molecule has 0 aliphatic rings. The highest BCUT2D eigenvalue weighted by molar-refractivity contribution is 9.10. The molecule has 0 aromatic heterocycles. The van der Waals surface area contributed by atoms with Gasteiger partial charge in [-0.05, 0) is 42.8 Å². The smallest absolute Gasteiger partial charge is 0.378 e. The van der Waals surface area contributed by atoms with Gasteiger partial charge in [-0.15, -0.1) is 0 Å². The molecule has 0 amide bonds. The standard InChI is InChI=1S/C15H12Br2F3N/c1-9(10-2-4-11(16)5-3-10)21-14-8-12(17)6-7-13(14)15(18,19)20/h2-9,21H,1H3. The van der Waals surface area contributed by atoms with Crippen LogP contribution >= 0.6 is 31.9 Å². The molecule has 21 heavy (non-hydrogen) atoms. The third-order valence-corrected chi connectivity index (χ3v) is 4.05. The van der Waals surface area contributed by atoms with E-state index in [-0.39, 0.29) is 11.7 Å². The SMILES string of the molecule is CC(Nc1cc(Br)ccc1C(F)(F)F)c1ccc(Br)cc1. The van der Waals surface area contributed by atoms with Gasteiger partial charge < -0.3 is 5.32 Å².